The summed E-state index contributed by atoms with van der Waals surface area (Å²) < 4.78 is 0. The van der Waals surface area contributed by atoms with E-state index in [1.807, 2.05) is 18.3 Å². The number of nitrogens with zero attached hydrogens (tertiary/aromatic N) is 1. The maximum atomic E-state index is 5.72. The van der Waals surface area contributed by atoms with Crippen molar-refractivity contribution in [1.82, 2.24) is 10.3 Å². The van der Waals surface area contributed by atoms with E-state index in [0.29, 0.717) is 5.15 Å². The van der Waals surface area contributed by atoms with E-state index in [0.717, 1.165) is 19.4 Å². The molecule has 1 N–H and O–H groups in total. The molecule has 0 aliphatic rings. The second-order valence-electron chi connectivity index (χ2n) is 4.11. The summed E-state index contributed by atoms with van der Waals surface area (Å²) in [5.41, 5.74) is 1.40. The van der Waals surface area contributed by atoms with Crippen molar-refractivity contribution in [1.29, 1.82) is 0 Å². The summed E-state index contributed by atoms with van der Waals surface area (Å²) in [6.45, 7) is 7.51. The van der Waals surface area contributed by atoms with Crippen molar-refractivity contribution in [3.8, 4) is 0 Å². The zero-order chi connectivity index (χ0) is 11.3. The largest absolute Gasteiger partial charge is 0.307 e. The van der Waals surface area contributed by atoms with Gasteiger partial charge in [0.1, 0.15) is 5.15 Å². The van der Waals surface area contributed by atoms with Crippen LogP contribution in [0, 0.1) is 0 Å². The molecule has 0 aliphatic carbocycles. The van der Waals surface area contributed by atoms with Crippen molar-refractivity contribution in [3.63, 3.8) is 0 Å². The molecule has 84 valence electrons. The summed E-state index contributed by atoms with van der Waals surface area (Å²) in [6, 6.07) is 3.84. The molecule has 0 aliphatic heterocycles. The molecule has 1 aromatic heterocycles. The first kappa shape index (κ1) is 12.5. The highest BCUT2D eigenvalue weighted by atomic mass is 35.5. The quantitative estimate of drug-likeness (QED) is 0.779. The number of halogens is 1. The average Bonchev–Trinajstić information content (AvgIpc) is 2.28. The molecule has 15 heavy (non-hydrogen) atoms. The van der Waals surface area contributed by atoms with Crippen molar-refractivity contribution in [3.05, 3.63) is 29.0 Å². The molecule has 0 amide bonds. The van der Waals surface area contributed by atoms with Gasteiger partial charge in [0.15, 0.2) is 0 Å². The third kappa shape index (κ3) is 3.80. The minimum Gasteiger partial charge on any atom is -0.307 e. The van der Waals surface area contributed by atoms with E-state index in [4.69, 9.17) is 11.6 Å². The zero-order valence-corrected chi connectivity index (χ0v) is 10.4. The number of hydrogen-bond donors (Lipinski definition) is 1. The number of nitrogens with one attached hydrogen (secondary N) is 1. The van der Waals surface area contributed by atoms with Crippen LogP contribution in [0.25, 0.3) is 0 Å². The molecule has 0 bridgehead atoms. The molecule has 0 radical (unpaired) electrons. The number of hydrogen-bond acceptors (Lipinski definition) is 2. The molecular formula is C12H19ClN2. The highest BCUT2D eigenvalue weighted by Gasteiger charge is 2.17. The monoisotopic (exact) mass is 226 g/mol. The molecule has 0 saturated heterocycles. The maximum absolute atomic E-state index is 5.72. The fourth-order valence-corrected chi connectivity index (χ4v) is 1.44. The molecule has 1 heterocycles. The van der Waals surface area contributed by atoms with Gasteiger partial charge in [0, 0.05) is 18.3 Å². The Morgan fingerprint density at radius 3 is 2.47 bits per heavy atom. The Morgan fingerprint density at radius 1 is 1.33 bits per heavy atom. The molecule has 0 atom stereocenters. The molecule has 0 fully saturated rings. The van der Waals surface area contributed by atoms with Crippen molar-refractivity contribution in [2.24, 2.45) is 0 Å². The highest BCUT2D eigenvalue weighted by molar-refractivity contribution is 6.29. The second-order valence-corrected chi connectivity index (χ2v) is 4.50. The standard InChI is InChI=1S/C12H19ClN2/c1-4-12(3,5-2)15-9-10-6-7-11(13)14-8-10/h6-8,15H,4-5,9H2,1-3H3. The lowest BCUT2D eigenvalue weighted by atomic mass is 9.95. The van der Waals surface area contributed by atoms with Gasteiger partial charge in [0.05, 0.1) is 0 Å². The van der Waals surface area contributed by atoms with E-state index in [1.54, 1.807) is 0 Å². The number of rotatable bonds is 5. The van der Waals surface area contributed by atoms with E-state index in [2.05, 4.69) is 31.1 Å². The summed E-state index contributed by atoms with van der Waals surface area (Å²) in [5, 5.41) is 4.10. The highest BCUT2D eigenvalue weighted by Crippen LogP contribution is 2.14. The fraction of sp³-hybridized carbons (Fsp3) is 0.583. The molecule has 0 unspecified atom stereocenters. The van der Waals surface area contributed by atoms with Gasteiger partial charge in [-0.2, -0.15) is 0 Å². The van der Waals surface area contributed by atoms with Crippen LogP contribution in [0.5, 0.6) is 0 Å². The summed E-state index contributed by atoms with van der Waals surface area (Å²) in [5.74, 6) is 0. The van der Waals surface area contributed by atoms with Crippen LogP contribution in [0.3, 0.4) is 0 Å². The lowest BCUT2D eigenvalue weighted by Gasteiger charge is -2.28. The Labute approximate surface area is 97.1 Å². The first-order chi connectivity index (χ1) is 7.09. The summed E-state index contributed by atoms with van der Waals surface area (Å²) in [4.78, 5) is 4.06. The van der Waals surface area contributed by atoms with Crippen molar-refractivity contribution in [2.45, 2.75) is 45.7 Å². The van der Waals surface area contributed by atoms with Crippen LogP contribution < -0.4 is 5.32 Å². The fourth-order valence-electron chi connectivity index (χ4n) is 1.33. The second kappa shape index (κ2) is 5.47. The number of aromatic nitrogens is 1. The minimum atomic E-state index is 0.222. The molecule has 1 aromatic rings. The van der Waals surface area contributed by atoms with E-state index in [1.165, 1.54) is 5.56 Å². The van der Waals surface area contributed by atoms with Crippen LogP contribution in [-0.2, 0) is 6.54 Å². The Bertz CT molecular complexity index is 291. The molecule has 0 saturated carbocycles. The molecule has 0 spiro atoms. The smallest absolute Gasteiger partial charge is 0.129 e. The van der Waals surface area contributed by atoms with Crippen molar-refractivity contribution < 1.29 is 0 Å². The third-order valence-corrected chi connectivity index (χ3v) is 3.29. The van der Waals surface area contributed by atoms with Crippen LogP contribution in [-0.4, -0.2) is 10.5 Å². The van der Waals surface area contributed by atoms with E-state index in [-0.39, 0.29) is 5.54 Å². The molecule has 3 heteroatoms. The average molecular weight is 227 g/mol. The summed E-state index contributed by atoms with van der Waals surface area (Å²) in [7, 11) is 0. The number of pyridine rings is 1. The Morgan fingerprint density at radius 2 is 2.00 bits per heavy atom. The van der Waals surface area contributed by atoms with E-state index in [9.17, 15) is 0 Å². The van der Waals surface area contributed by atoms with Gasteiger partial charge in [-0.05, 0) is 31.4 Å². The maximum Gasteiger partial charge on any atom is 0.129 e. The van der Waals surface area contributed by atoms with Crippen LogP contribution in [0.1, 0.15) is 39.2 Å². The zero-order valence-electron chi connectivity index (χ0n) is 9.68. The Kier molecular flexibility index (Phi) is 4.55. The lowest BCUT2D eigenvalue weighted by molar-refractivity contribution is 0.329. The van der Waals surface area contributed by atoms with Gasteiger partial charge in [-0.15, -0.1) is 0 Å². The van der Waals surface area contributed by atoms with Gasteiger partial charge in [-0.3, -0.25) is 0 Å². The molecular weight excluding hydrogens is 208 g/mol. The molecule has 0 aromatic carbocycles. The first-order valence-electron chi connectivity index (χ1n) is 5.45. The van der Waals surface area contributed by atoms with Crippen LogP contribution >= 0.6 is 11.6 Å². The summed E-state index contributed by atoms with van der Waals surface area (Å²) in [6.07, 6.45) is 4.08. The van der Waals surface area contributed by atoms with Crippen molar-refractivity contribution >= 4 is 11.6 Å². The Balaban J connectivity index is 2.53. The van der Waals surface area contributed by atoms with Gasteiger partial charge in [-0.25, -0.2) is 4.98 Å². The summed E-state index contributed by atoms with van der Waals surface area (Å²) >= 11 is 5.72. The van der Waals surface area contributed by atoms with Crippen LogP contribution in [0.15, 0.2) is 18.3 Å². The minimum absolute atomic E-state index is 0.222. The van der Waals surface area contributed by atoms with Crippen LogP contribution in [0.4, 0.5) is 0 Å². The third-order valence-electron chi connectivity index (χ3n) is 3.07. The van der Waals surface area contributed by atoms with Gasteiger partial charge in [-0.1, -0.05) is 31.5 Å². The Hall–Kier alpha value is -0.600. The van der Waals surface area contributed by atoms with E-state index < -0.39 is 0 Å². The van der Waals surface area contributed by atoms with Crippen molar-refractivity contribution in [2.75, 3.05) is 0 Å². The predicted octanol–water partition coefficient (Wildman–Crippen LogP) is 3.40. The lowest BCUT2D eigenvalue weighted by Crippen LogP contribution is -2.40. The van der Waals surface area contributed by atoms with Gasteiger partial charge in [0.2, 0.25) is 0 Å². The molecule has 1 rings (SSSR count). The van der Waals surface area contributed by atoms with E-state index >= 15 is 0 Å². The topological polar surface area (TPSA) is 24.9 Å². The SMILES string of the molecule is CCC(C)(CC)NCc1ccc(Cl)nc1. The first-order valence-corrected chi connectivity index (χ1v) is 5.83. The predicted molar refractivity (Wildman–Crippen MR) is 65.1 cm³/mol. The van der Waals surface area contributed by atoms with Gasteiger partial charge >= 0.3 is 0 Å². The van der Waals surface area contributed by atoms with Crippen LogP contribution in [0.2, 0.25) is 5.15 Å². The van der Waals surface area contributed by atoms with Gasteiger partial charge < -0.3 is 5.32 Å². The molecule has 2 nitrogen and oxygen atoms in total. The normalized spacial score (nSPS) is 11.7. The van der Waals surface area contributed by atoms with Gasteiger partial charge in [0.25, 0.3) is 0 Å².